The zero-order valence-corrected chi connectivity index (χ0v) is 15.1. The lowest BCUT2D eigenvalue weighted by atomic mass is 10.1. The first-order chi connectivity index (χ1) is 13.5. The number of nitrogens with zero attached hydrogens (tertiary/aromatic N) is 2. The molecule has 0 atom stereocenters. The van der Waals surface area contributed by atoms with Crippen LogP contribution in [0, 0.1) is 5.82 Å². The molecule has 0 aliphatic carbocycles. The molecule has 0 radical (unpaired) electrons. The topological polar surface area (TPSA) is 87.5 Å². The van der Waals surface area contributed by atoms with E-state index in [4.69, 9.17) is 9.47 Å². The van der Waals surface area contributed by atoms with Gasteiger partial charge in [0.25, 0.3) is 5.56 Å². The van der Waals surface area contributed by atoms with Gasteiger partial charge in [-0.25, -0.2) is 9.37 Å². The van der Waals surface area contributed by atoms with E-state index in [9.17, 15) is 18.8 Å². The number of halogens is 1. The summed E-state index contributed by atoms with van der Waals surface area (Å²) in [5.41, 5.74) is 0.296. The second kappa shape index (κ2) is 8.43. The first-order valence-electron chi connectivity index (χ1n) is 8.46. The van der Waals surface area contributed by atoms with Crippen molar-refractivity contribution in [2.24, 2.45) is 0 Å². The summed E-state index contributed by atoms with van der Waals surface area (Å²) in [5.74, 6) is -1.66. The number of ether oxygens (including phenoxy) is 2. The summed E-state index contributed by atoms with van der Waals surface area (Å²) >= 11 is 0. The van der Waals surface area contributed by atoms with Gasteiger partial charge in [0.2, 0.25) is 5.78 Å². The maximum atomic E-state index is 13.3. The third kappa shape index (κ3) is 4.22. The van der Waals surface area contributed by atoms with Crippen LogP contribution in [-0.4, -0.2) is 35.0 Å². The Kier molecular flexibility index (Phi) is 5.78. The standard InChI is InChI=1S/C20H17FN2O5/c1-27-18-7-6-13(21)10-15(18)17(24)11-28-19(25)8-9-23-12-22-16-5-3-2-4-14(16)20(23)26/h2-7,10,12H,8-9,11H2,1H3. The number of benzene rings is 2. The average Bonchev–Trinajstić information content (AvgIpc) is 2.71. The Morgan fingerprint density at radius 2 is 1.96 bits per heavy atom. The number of carbonyl (C=O) groups excluding carboxylic acids is 2. The minimum atomic E-state index is -0.663. The largest absolute Gasteiger partial charge is 0.496 e. The zero-order chi connectivity index (χ0) is 20.1. The van der Waals surface area contributed by atoms with Crippen molar-refractivity contribution in [2.45, 2.75) is 13.0 Å². The van der Waals surface area contributed by atoms with Crippen LogP contribution in [0.3, 0.4) is 0 Å². The highest BCUT2D eigenvalue weighted by Crippen LogP contribution is 2.20. The highest BCUT2D eigenvalue weighted by molar-refractivity contribution is 6.00. The second-order valence-electron chi connectivity index (χ2n) is 5.94. The summed E-state index contributed by atoms with van der Waals surface area (Å²) in [6.07, 6.45) is 1.24. The predicted octanol–water partition coefficient (Wildman–Crippen LogP) is 2.36. The SMILES string of the molecule is COc1ccc(F)cc1C(=O)COC(=O)CCn1cnc2ccccc2c1=O. The Balaban J connectivity index is 1.60. The quantitative estimate of drug-likeness (QED) is 0.459. The Hall–Kier alpha value is -3.55. The van der Waals surface area contributed by atoms with Crippen molar-refractivity contribution < 1.29 is 23.5 Å². The molecule has 8 heteroatoms. The van der Waals surface area contributed by atoms with Crippen LogP contribution in [0.25, 0.3) is 10.9 Å². The summed E-state index contributed by atoms with van der Waals surface area (Å²) in [7, 11) is 1.35. The molecule has 1 aromatic heterocycles. The molecule has 0 amide bonds. The number of hydrogen-bond acceptors (Lipinski definition) is 6. The number of Topliss-reactive ketones (excluding diaryl/α,β-unsaturated/α-hetero) is 1. The van der Waals surface area contributed by atoms with Gasteiger partial charge in [-0.2, -0.15) is 0 Å². The molecular weight excluding hydrogens is 367 g/mol. The van der Waals surface area contributed by atoms with Gasteiger partial charge in [0.15, 0.2) is 6.61 Å². The molecule has 0 aliphatic rings. The smallest absolute Gasteiger partial charge is 0.308 e. The lowest BCUT2D eigenvalue weighted by Gasteiger charge is -2.09. The molecule has 0 unspecified atom stereocenters. The zero-order valence-electron chi connectivity index (χ0n) is 15.1. The normalized spacial score (nSPS) is 10.6. The number of fused-ring (bicyclic) bond motifs is 1. The third-order valence-corrected chi connectivity index (χ3v) is 4.11. The molecule has 0 aliphatic heterocycles. The van der Waals surface area contributed by atoms with E-state index in [0.717, 1.165) is 12.1 Å². The molecule has 0 saturated carbocycles. The fourth-order valence-electron chi connectivity index (χ4n) is 2.67. The number of rotatable bonds is 7. The van der Waals surface area contributed by atoms with Crippen LogP contribution in [0.1, 0.15) is 16.8 Å². The van der Waals surface area contributed by atoms with Crippen LogP contribution in [-0.2, 0) is 16.1 Å². The van der Waals surface area contributed by atoms with Gasteiger partial charge in [-0.1, -0.05) is 12.1 Å². The maximum Gasteiger partial charge on any atom is 0.308 e. The van der Waals surface area contributed by atoms with Gasteiger partial charge in [0.1, 0.15) is 11.6 Å². The van der Waals surface area contributed by atoms with Crippen molar-refractivity contribution in [2.75, 3.05) is 13.7 Å². The van der Waals surface area contributed by atoms with Crippen molar-refractivity contribution in [1.29, 1.82) is 0 Å². The number of aryl methyl sites for hydroxylation is 1. The molecular formula is C20H17FN2O5. The lowest BCUT2D eigenvalue weighted by Crippen LogP contribution is -2.23. The summed E-state index contributed by atoms with van der Waals surface area (Å²) in [6.45, 7) is -0.490. The Bertz CT molecular complexity index is 1090. The Morgan fingerprint density at radius 3 is 2.75 bits per heavy atom. The van der Waals surface area contributed by atoms with Crippen LogP contribution in [0.2, 0.25) is 0 Å². The molecule has 0 saturated heterocycles. The van der Waals surface area contributed by atoms with Crippen molar-refractivity contribution in [3.05, 3.63) is 70.5 Å². The van der Waals surface area contributed by atoms with Gasteiger partial charge >= 0.3 is 5.97 Å². The van der Waals surface area contributed by atoms with Crippen LogP contribution in [0.15, 0.2) is 53.6 Å². The van der Waals surface area contributed by atoms with Gasteiger partial charge in [-0.3, -0.25) is 19.0 Å². The van der Waals surface area contributed by atoms with E-state index >= 15 is 0 Å². The van der Waals surface area contributed by atoms with E-state index in [0.29, 0.717) is 10.9 Å². The summed E-state index contributed by atoms with van der Waals surface area (Å²) in [4.78, 5) is 40.6. The van der Waals surface area contributed by atoms with E-state index in [-0.39, 0.29) is 29.8 Å². The Labute approximate surface area is 159 Å². The molecule has 0 spiro atoms. The number of methoxy groups -OCH3 is 1. The van der Waals surface area contributed by atoms with Gasteiger partial charge < -0.3 is 9.47 Å². The van der Waals surface area contributed by atoms with Crippen LogP contribution in [0.4, 0.5) is 4.39 Å². The molecule has 7 nitrogen and oxygen atoms in total. The fraction of sp³-hybridized carbons (Fsp3) is 0.200. The van der Waals surface area contributed by atoms with E-state index < -0.39 is 24.2 Å². The maximum absolute atomic E-state index is 13.3. The van der Waals surface area contributed by atoms with Crippen molar-refractivity contribution >= 4 is 22.7 Å². The molecule has 0 N–H and O–H groups in total. The number of carbonyl (C=O) groups is 2. The molecule has 28 heavy (non-hydrogen) atoms. The number of hydrogen-bond donors (Lipinski definition) is 0. The molecule has 0 bridgehead atoms. The molecule has 144 valence electrons. The van der Waals surface area contributed by atoms with Crippen molar-refractivity contribution in [1.82, 2.24) is 9.55 Å². The molecule has 2 aromatic carbocycles. The summed E-state index contributed by atoms with van der Waals surface area (Å²) in [5, 5.41) is 0.451. The van der Waals surface area contributed by atoms with E-state index in [1.807, 2.05) is 0 Å². The molecule has 3 aromatic rings. The van der Waals surface area contributed by atoms with Crippen molar-refractivity contribution in [3.8, 4) is 5.75 Å². The third-order valence-electron chi connectivity index (χ3n) is 4.11. The monoisotopic (exact) mass is 384 g/mol. The first kappa shape index (κ1) is 19.2. The minimum Gasteiger partial charge on any atom is -0.496 e. The van der Waals surface area contributed by atoms with Gasteiger partial charge in [-0.15, -0.1) is 0 Å². The predicted molar refractivity (Wildman–Crippen MR) is 98.9 cm³/mol. The summed E-state index contributed by atoms with van der Waals surface area (Å²) in [6, 6.07) is 10.4. The molecule has 3 rings (SSSR count). The number of ketones is 1. The number of para-hydroxylation sites is 1. The lowest BCUT2D eigenvalue weighted by molar-refractivity contribution is -0.142. The fourth-order valence-corrected chi connectivity index (χ4v) is 2.67. The van der Waals surface area contributed by atoms with Crippen LogP contribution >= 0.6 is 0 Å². The summed E-state index contributed by atoms with van der Waals surface area (Å²) < 4.78 is 24.6. The van der Waals surface area contributed by atoms with E-state index in [1.54, 1.807) is 24.3 Å². The average molecular weight is 384 g/mol. The van der Waals surface area contributed by atoms with E-state index in [2.05, 4.69) is 4.98 Å². The van der Waals surface area contributed by atoms with Crippen molar-refractivity contribution in [3.63, 3.8) is 0 Å². The number of aromatic nitrogens is 2. The number of esters is 1. The van der Waals surface area contributed by atoms with Crippen LogP contribution in [0.5, 0.6) is 5.75 Å². The van der Waals surface area contributed by atoms with Gasteiger partial charge in [-0.05, 0) is 30.3 Å². The highest BCUT2D eigenvalue weighted by atomic mass is 19.1. The highest BCUT2D eigenvalue weighted by Gasteiger charge is 2.16. The van der Waals surface area contributed by atoms with Gasteiger partial charge in [0.05, 0.1) is 36.3 Å². The molecule has 0 fully saturated rings. The second-order valence-corrected chi connectivity index (χ2v) is 5.94. The first-order valence-corrected chi connectivity index (χ1v) is 8.46. The van der Waals surface area contributed by atoms with E-state index in [1.165, 1.54) is 24.1 Å². The van der Waals surface area contributed by atoms with Gasteiger partial charge in [0, 0.05) is 6.54 Å². The molecule has 1 heterocycles. The minimum absolute atomic E-state index is 0.00903. The van der Waals surface area contributed by atoms with Crippen LogP contribution < -0.4 is 10.3 Å². The Morgan fingerprint density at radius 1 is 1.18 bits per heavy atom.